The Morgan fingerprint density at radius 3 is 1.96 bits per heavy atom. The van der Waals surface area contributed by atoms with Crippen molar-refractivity contribution in [1.29, 1.82) is 0 Å². The van der Waals surface area contributed by atoms with E-state index in [9.17, 15) is 35.1 Å². The summed E-state index contributed by atoms with van der Waals surface area (Å²) in [5, 5.41) is -0.593. The van der Waals surface area contributed by atoms with Crippen LogP contribution < -0.4 is 0 Å². The van der Waals surface area contributed by atoms with Gasteiger partial charge in [0.1, 0.15) is 5.82 Å². The quantitative estimate of drug-likeness (QED) is 0.425. The van der Waals surface area contributed by atoms with Crippen molar-refractivity contribution < 1.29 is 35.1 Å². The highest BCUT2D eigenvalue weighted by atomic mass is 35.5. The van der Waals surface area contributed by atoms with Crippen molar-refractivity contribution >= 4 is 11.6 Å². The van der Waals surface area contributed by atoms with E-state index in [-0.39, 0.29) is 12.0 Å². The zero-order valence-electron chi connectivity index (χ0n) is 14.5. The second kappa shape index (κ2) is 7.89. The zero-order valence-corrected chi connectivity index (χ0v) is 15.2. The Labute approximate surface area is 161 Å². The molecular weight excluding hydrogens is 416 g/mol. The van der Waals surface area contributed by atoms with E-state index in [2.05, 4.69) is 0 Å². The minimum Gasteiger partial charge on any atom is -0.218 e. The smallest absolute Gasteiger partial charge is 0.218 e. The van der Waals surface area contributed by atoms with Gasteiger partial charge >= 0.3 is 18.0 Å². The molecule has 0 aliphatic carbocycles. The zero-order chi connectivity index (χ0) is 21.3. The molecule has 0 amide bonds. The lowest BCUT2D eigenvalue weighted by atomic mass is 9.85. The third-order valence-corrected chi connectivity index (χ3v) is 4.56. The van der Waals surface area contributed by atoms with Crippen LogP contribution in [0.15, 0.2) is 36.4 Å². The van der Waals surface area contributed by atoms with Crippen LogP contribution in [0, 0.1) is 5.82 Å². The van der Waals surface area contributed by atoms with Gasteiger partial charge in [0.25, 0.3) is 0 Å². The molecule has 0 atom stereocenters. The average Bonchev–Trinajstić information content (AvgIpc) is 2.57. The summed E-state index contributed by atoms with van der Waals surface area (Å²) in [6.45, 7) is 1.76. The van der Waals surface area contributed by atoms with Gasteiger partial charge in [-0.15, -0.1) is 0 Å². The fourth-order valence-electron chi connectivity index (χ4n) is 2.86. The van der Waals surface area contributed by atoms with Crippen molar-refractivity contribution in [2.75, 3.05) is 0 Å². The Morgan fingerprint density at radius 1 is 0.893 bits per heavy atom. The third kappa shape index (κ3) is 3.97. The van der Waals surface area contributed by atoms with Crippen LogP contribution in [0.25, 0.3) is 11.1 Å². The van der Waals surface area contributed by atoms with Crippen molar-refractivity contribution in [3.8, 4) is 11.1 Å². The molecule has 0 aliphatic rings. The Bertz CT molecular complexity index is 825. The van der Waals surface area contributed by atoms with Gasteiger partial charge in [0.15, 0.2) is 0 Å². The summed E-state index contributed by atoms with van der Waals surface area (Å²) < 4.78 is 109. The predicted molar refractivity (Wildman–Crippen MR) is 90.4 cm³/mol. The first-order valence-electron chi connectivity index (χ1n) is 8.24. The number of aryl methyl sites for hydroxylation is 1. The highest BCUT2D eigenvalue weighted by Gasteiger charge is 2.74. The third-order valence-electron chi connectivity index (χ3n) is 4.26. The first-order valence-corrected chi connectivity index (χ1v) is 8.62. The van der Waals surface area contributed by atoms with Crippen LogP contribution in [0.4, 0.5) is 35.1 Å². The molecule has 2 rings (SSSR count). The molecule has 0 N–H and O–H groups in total. The molecule has 154 valence electrons. The Kier molecular flexibility index (Phi) is 6.33. The summed E-state index contributed by atoms with van der Waals surface area (Å²) >= 11 is 5.96. The van der Waals surface area contributed by atoms with Gasteiger partial charge in [0.05, 0.1) is 0 Å². The molecule has 0 spiro atoms. The van der Waals surface area contributed by atoms with E-state index in [4.69, 9.17) is 11.6 Å². The number of alkyl halides is 7. The maximum Gasteiger partial charge on any atom is 0.435 e. The Hall–Kier alpha value is -1.83. The minimum atomic E-state index is -6.34. The maximum atomic E-state index is 14.9. The van der Waals surface area contributed by atoms with Gasteiger partial charge in [-0.1, -0.05) is 49.2 Å². The molecule has 0 radical (unpaired) electrons. The van der Waals surface area contributed by atoms with Crippen molar-refractivity contribution in [3.05, 3.63) is 58.4 Å². The molecule has 2 aromatic carbocycles. The average molecular weight is 431 g/mol. The van der Waals surface area contributed by atoms with Crippen LogP contribution in [-0.4, -0.2) is 12.4 Å². The van der Waals surface area contributed by atoms with Gasteiger partial charge in [0.2, 0.25) is 0 Å². The molecular formula is C19H15ClF8. The molecule has 0 fully saturated rings. The van der Waals surface area contributed by atoms with E-state index in [1.165, 1.54) is 12.1 Å². The first-order chi connectivity index (χ1) is 12.8. The fourth-order valence-corrected chi connectivity index (χ4v) is 3.21. The van der Waals surface area contributed by atoms with Gasteiger partial charge < -0.3 is 0 Å². The van der Waals surface area contributed by atoms with Crippen LogP contribution in [0.1, 0.15) is 30.9 Å². The van der Waals surface area contributed by atoms with Crippen LogP contribution >= 0.6 is 11.6 Å². The summed E-state index contributed by atoms with van der Waals surface area (Å²) in [5.74, 6) is -1.13. The minimum absolute atomic E-state index is 0.00235. The number of benzene rings is 2. The van der Waals surface area contributed by atoms with Crippen molar-refractivity contribution in [2.45, 2.75) is 44.2 Å². The summed E-state index contributed by atoms with van der Waals surface area (Å²) in [7, 11) is 0. The lowest BCUT2D eigenvalue weighted by molar-refractivity contribution is -0.348. The SMILES string of the molecule is CCCCc1cc(Cl)c(-c2ccccc2F)c(C(F)(C(F)(F)F)C(F)(F)F)c1. The molecule has 0 bridgehead atoms. The van der Waals surface area contributed by atoms with E-state index in [0.717, 1.165) is 18.2 Å². The lowest BCUT2D eigenvalue weighted by Crippen LogP contribution is -2.50. The molecule has 2 aromatic rings. The number of hydrogen-bond donors (Lipinski definition) is 0. The Balaban J connectivity index is 2.93. The molecule has 9 heteroatoms. The molecule has 0 nitrogen and oxygen atoms in total. The van der Waals surface area contributed by atoms with Crippen LogP contribution in [0.3, 0.4) is 0 Å². The van der Waals surface area contributed by atoms with Crippen molar-refractivity contribution in [3.63, 3.8) is 0 Å². The second-order valence-corrected chi connectivity index (χ2v) is 6.64. The standard InChI is InChI=1S/C19H15ClF8/c1-2-3-6-11-9-13(17(22,18(23,24)25)19(26,27)28)16(14(20)10-11)12-7-4-5-8-15(12)21/h4-5,7-10H,2-3,6H2,1H3. The Morgan fingerprint density at radius 2 is 1.46 bits per heavy atom. The summed E-state index contributed by atoms with van der Waals surface area (Å²) in [4.78, 5) is 0. The molecule has 0 aromatic heterocycles. The lowest BCUT2D eigenvalue weighted by Gasteiger charge is -2.32. The van der Waals surface area contributed by atoms with E-state index in [1.54, 1.807) is 6.92 Å². The summed E-state index contributed by atoms with van der Waals surface area (Å²) in [6, 6.07) is 5.78. The number of halogens is 9. The first kappa shape index (κ1) is 22.5. The van der Waals surface area contributed by atoms with Crippen molar-refractivity contribution in [1.82, 2.24) is 0 Å². The second-order valence-electron chi connectivity index (χ2n) is 6.24. The molecule has 0 saturated carbocycles. The van der Waals surface area contributed by atoms with Gasteiger partial charge in [-0.25, -0.2) is 8.78 Å². The van der Waals surface area contributed by atoms with Crippen molar-refractivity contribution in [2.24, 2.45) is 0 Å². The number of unbranched alkanes of at least 4 members (excludes halogenated alkanes) is 1. The van der Waals surface area contributed by atoms with E-state index >= 15 is 0 Å². The van der Waals surface area contributed by atoms with E-state index < -0.39 is 45.6 Å². The van der Waals surface area contributed by atoms with Gasteiger partial charge in [0, 0.05) is 21.7 Å². The van der Waals surface area contributed by atoms with Crippen LogP contribution in [0.2, 0.25) is 5.02 Å². The van der Waals surface area contributed by atoms with Gasteiger partial charge in [-0.3, -0.25) is 0 Å². The van der Waals surface area contributed by atoms with Crippen LogP contribution in [-0.2, 0) is 12.1 Å². The van der Waals surface area contributed by atoms with E-state index in [0.29, 0.717) is 18.9 Å². The predicted octanol–water partition coefficient (Wildman–Crippen LogP) is 7.78. The highest BCUT2D eigenvalue weighted by molar-refractivity contribution is 6.33. The topological polar surface area (TPSA) is 0 Å². The van der Waals surface area contributed by atoms with Crippen LogP contribution in [0.5, 0.6) is 0 Å². The molecule has 0 heterocycles. The molecule has 0 unspecified atom stereocenters. The number of hydrogen-bond acceptors (Lipinski definition) is 0. The largest absolute Gasteiger partial charge is 0.435 e. The maximum absolute atomic E-state index is 14.9. The molecule has 0 saturated heterocycles. The normalized spacial score (nSPS) is 13.1. The summed E-state index contributed by atoms with van der Waals surface area (Å²) in [5.41, 5.74) is -9.12. The van der Waals surface area contributed by atoms with E-state index in [1.807, 2.05) is 0 Å². The summed E-state index contributed by atoms with van der Waals surface area (Å²) in [6.07, 6.45) is -11.5. The highest BCUT2D eigenvalue weighted by Crippen LogP contribution is 2.56. The molecule has 28 heavy (non-hydrogen) atoms. The fraction of sp³-hybridized carbons (Fsp3) is 0.368. The van der Waals surface area contributed by atoms with Gasteiger partial charge in [-0.05, 0) is 30.5 Å². The van der Waals surface area contributed by atoms with Gasteiger partial charge in [-0.2, -0.15) is 26.3 Å². The monoisotopic (exact) mass is 430 g/mol. The number of rotatable bonds is 5. The molecule has 0 aliphatic heterocycles.